The average molecular weight is 213 g/mol. The highest BCUT2D eigenvalue weighted by atomic mass is 19.3. The zero-order valence-corrected chi connectivity index (χ0v) is 7.96. The van der Waals surface area contributed by atoms with E-state index in [9.17, 15) is 18.4 Å². The number of benzene rings is 1. The number of rotatable bonds is 3. The molecule has 80 valence electrons. The van der Waals surface area contributed by atoms with Crippen LogP contribution in [0.2, 0.25) is 0 Å². The van der Waals surface area contributed by atoms with Crippen LogP contribution >= 0.6 is 0 Å². The van der Waals surface area contributed by atoms with Crippen LogP contribution in [0.15, 0.2) is 24.3 Å². The quantitative estimate of drug-likeness (QED) is 0.781. The first kappa shape index (κ1) is 11.3. The van der Waals surface area contributed by atoms with Crippen LogP contribution in [0.1, 0.15) is 17.3 Å². The largest absolute Gasteiger partial charge is 0.321 e. The summed E-state index contributed by atoms with van der Waals surface area (Å²) >= 11 is 0. The molecule has 0 heterocycles. The van der Waals surface area contributed by atoms with Crippen molar-refractivity contribution in [3.8, 4) is 0 Å². The van der Waals surface area contributed by atoms with Crippen molar-refractivity contribution in [2.24, 2.45) is 0 Å². The van der Waals surface area contributed by atoms with Gasteiger partial charge in [-0.15, -0.1) is 0 Å². The summed E-state index contributed by atoms with van der Waals surface area (Å²) in [7, 11) is 0. The molecule has 0 aliphatic rings. The Bertz CT molecular complexity index is 374. The lowest BCUT2D eigenvalue weighted by atomic mass is 10.1. The van der Waals surface area contributed by atoms with Crippen LogP contribution < -0.4 is 5.32 Å². The van der Waals surface area contributed by atoms with Crippen molar-refractivity contribution in [2.75, 3.05) is 5.32 Å². The standard InChI is InChI=1S/C10H9F2NO2/c1-6(14)7-2-4-8(5-3-7)13-10(15)9(11)12/h2-5,9H,1H3,(H,13,15). The molecule has 0 aromatic heterocycles. The number of alkyl halides is 2. The molecule has 1 N–H and O–H groups in total. The SMILES string of the molecule is CC(=O)c1ccc(NC(=O)C(F)F)cc1. The van der Waals surface area contributed by atoms with E-state index >= 15 is 0 Å². The predicted octanol–water partition coefficient (Wildman–Crippen LogP) is 2.09. The normalized spacial score (nSPS) is 10.1. The Morgan fingerprint density at radius 2 is 1.73 bits per heavy atom. The Hall–Kier alpha value is -1.78. The predicted molar refractivity (Wildman–Crippen MR) is 51.1 cm³/mol. The Morgan fingerprint density at radius 1 is 1.20 bits per heavy atom. The number of Topliss-reactive ketones (excluding diaryl/α,β-unsaturated/α-hetero) is 1. The monoisotopic (exact) mass is 213 g/mol. The van der Waals surface area contributed by atoms with Gasteiger partial charge in [-0.3, -0.25) is 9.59 Å². The van der Waals surface area contributed by atoms with Crippen molar-refractivity contribution < 1.29 is 18.4 Å². The zero-order chi connectivity index (χ0) is 11.4. The number of carbonyl (C=O) groups is 2. The topological polar surface area (TPSA) is 46.2 Å². The van der Waals surface area contributed by atoms with Crippen molar-refractivity contribution in [1.29, 1.82) is 0 Å². The van der Waals surface area contributed by atoms with E-state index < -0.39 is 12.3 Å². The molecule has 1 aromatic rings. The van der Waals surface area contributed by atoms with Crippen molar-refractivity contribution in [1.82, 2.24) is 0 Å². The fourth-order valence-electron chi connectivity index (χ4n) is 0.985. The van der Waals surface area contributed by atoms with Crippen molar-refractivity contribution in [3.63, 3.8) is 0 Å². The summed E-state index contributed by atoms with van der Waals surface area (Å²) in [5, 5.41) is 2.01. The lowest BCUT2D eigenvalue weighted by Crippen LogP contribution is -2.19. The molecule has 15 heavy (non-hydrogen) atoms. The summed E-state index contributed by atoms with van der Waals surface area (Å²) < 4.78 is 23.7. The Labute approximate surface area is 85.1 Å². The van der Waals surface area contributed by atoms with Crippen LogP contribution in [0.25, 0.3) is 0 Å². The summed E-state index contributed by atoms with van der Waals surface area (Å²) in [5.41, 5.74) is 0.704. The van der Waals surface area contributed by atoms with Gasteiger partial charge in [0.25, 0.3) is 5.91 Å². The van der Waals surface area contributed by atoms with Gasteiger partial charge in [-0.25, -0.2) is 0 Å². The third kappa shape index (κ3) is 3.12. The maximum atomic E-state index is 11.9. The Kier molecular flexibility index (Phi) is 3.49. The molecule has 1 rings (SSSR count). The molecule has 0 saturated heterocycles. The number of hydrogen-bond acceptors (Lipinski definition) is 2. The molecule has 0 aliphatic heterocycles. The Balaban J connectivity index is 2.73. The second-order valence-electron chi connectivity index (χ2n) is 2.92. The van der Waals surface area contributed by atoms with E-state index in [1.54, 1.807) is 0 Å². The van der Waals surface area contributed by atoms with Gasteiger partial charge in [0.1, 0.15) is 0 Å². The fourth-order valence-corrected chi connectivity index (χ4v) is 0.985. The first-order chi connectivity index (χ1) is 7.00. The molecule has 0 bridgehead atoms. The van der Waals surface area contributed by atoms with Crippen LogP contribution in [-0.2, 0) is 4.79 Å². The van der Waals surface area contributed by atoms with E-state index in [2.05, 4.69) is 0 Å². The number of carbonyl (C=O) groups excluding carboxylic acids is 2. The fraction of sp³-hybridized carbons (Fsp3) is 0.200. The highest BCUT2D eigenvalue weighted by Crippen LogP contribution is 2.11. The van der Waals surface area contributed by atoms with Gasteiger partial charge in [0.05, 0.1) is 0 Å². The second-order valence-corrected chi connectivity index (χ2v) is 2.92. The van der Waals surface area contributed by atoms with Crippen LogP contribution in [0.5, 0.6) is 0 Å². The number of nitrogens with one attached hydrogen (secondary N) is 1. The van der Waals surface area contributed by atoms with E-state index in [4.69, 9.17) is 0 Å². The van der Waals surface area contributed by atoms with Crippen LogP contribution in [0, 0.1) is 0 Å². The number of ketones is 1. The Morgan fingerprint density at radius 3 is 2.13 bits per heavy atom. The number of halogens is 2. The van der Waals surface area contributed by atoms with Crippen molar-refractivity contribution >= 4 is 17.4 Å². The van der Waals surface area contributed by atoms with Gasteiger partial charge in [-0.2, -0.15) is 8.78 Å². The van der Waals surface area contributed by atoms with Gasteiger partial charge >= 0.3 is 6.43 Å². The van der Waals surface area contributed by atoms with E-state index in [0.717, 1.165) is 0 Å². The molecule has 0 aliphatic carbocycles. The van der Waals surface area contributed by atoms with E-state index in [0.29, 0.717) is 5.56 Å². The van der Waals surface area contributed by atoms with Gasteiger partial charge in [0.2, 0.25) is 0 Å². The molecule has 1 amide bonds. The second kappa shape index (κ2) is 4.63. The average Bonchev–Trinajstić information content (AvgIpc) is 2.18. The minimum absolute atomic E-state index is 0.123. The third-order valence-corrected chi connectivity index (χ3v) is 1.76. The van der Waals surface area contributed by atoms with Gasteiger partial charge in [0, 0.05) is 11.3 Å². The van der Waals surface area contributed by atoms with Gasteiger partial charge in [0.15, 0.2) is 5.78 Å². The first-order valence-electron chi connectivity index (χ1n) is 4.20. The maximum absolute atomic E-state index is 11.9. The number of hydrogen-bond donors (Lipinski definition) is 1. The lowest BCUT2D eigenvalue weighted by Gasteiger charge is -2.04. The molecule has 0 fully saturated rings. The van der Waals surface area contributed by atoms with E-state index in [1.807, 2.05) is 5.32 Å². The van der Waals surface area contributed by atoms with Crippen LogP contribution in [-0.4, -0.2) is 18.1 Å². The van der Waals surface area contributed by atoms with Crippen molar-refractivity contribution in [2.45, 2.75) is 13.3 Å². The highest BCUT2D eigenvalue weighted by Gasteiger charge is 2.14. The van der Waals surface area contributed by atoms with Crippen LogP contribution in [0.4, 0.5) is 14.5 Å². The number of amides is 1. The molecular formula is C10H9F2NO2. The van der Waals surface area contributed by atoms with E-state index in [1.165, 1.54) is 31.2 Å². The van der Waals surface area contributed by atoms with Crippen LogP contribution in [0.3, 0.4) is 0 Å². The maximum Gasteiger partial charge on any atom is 0.315 e. The first-order valence-corrected chi connectivity index (χ1v) is 4.20. The molecule has 0 unspecified atom stereocenters. The molecule has 0 saturated carbocycles. The highest BCUT2D eigenvalue weighted by molar-refractivity contribution is 5.96. The van der Waals surface area contributed by atoms with Gasteiger partial charge in [-0.1, -0.05) is 0 Å². The van der Waals surface area contributed by atoms with Gasteiger partial charge < -0.3 is 5.32 Å². The summed E-state index contributed by atoms with van der Waals surface area (Å²) in [6.07, 6.45) is -3.04. The molecule has 0 spiro atoms. The summed E-state index contributed by atoms with van der Waals surface area (Å²) in [6, 6.07) is 5.72. The zero-order valence-electron chi connectivity index (χ0n) is 7.96. The molecule has 5 heteroatoms. The molecule has 0 radical (unpaired) electrons. The third-order valence-electron chi connectivity index (χ3n) is 1.76. The molecular weight excluding hydrogens is 204 g/mol. The summed E-state index contributed by atoms with van der Waals surface area (Å²) in [4.78, 5) is 21.5. The summed E-state index contributed by atoms with van der Waals surface area (Å²) in [5.74, 6) is -1.48. The summed E-state index contributed by atoms with van der Waals surface area (Å²) in [6.45, 7) is 1.40. The van der Waals surface area contributed by atoms with Gasteiger partial charge in [-0.05, 0) is 31.2 Å². The number of anilines is 1. The molecule has 3 nitrogen and oxygen atoms in total. The minimum Gasteiger partial charge on any atom is -0.321 e. The lowest BCUT2D eigenvalue weighted by molar-refractivity contribution is -0.126. The molecule has 0 atom stereocenters. The smallest absolute Gasteiger partial charge is 0.315 e. The van der Waals surface area contributed by atoms with E-state index in [-0.39, 0.29) is 11.5 Å². The van der Waals surface area contributed by atoms with Crippen molar-refractivity contribution in [3.05, 3.63) is 29.8 Å². The minimum atomic E-state index is -3.04. The molecule has 1 aromatic carbocycles.